The minimum absolute atomic E-state index is 0.568. The molecule has 0 spiro atoms. The van der Waals surface area contributed by atoms with Gasteiger partial charge in [-0.2, -0.15) is 0 Å². The molecule has 1 nitrogen and oxygen atoms in total. The van der Waals surface area contributed by atoms with Crippen molar-refractivity contribution in [2.75, 3.05) is 0 Å². The van der Waals surface area contributed by atoms with Crippen molar-refractivity contribution < 1.29 is 0 Å². The van der Waals surface area contributed by atoms with Crippen LogP contribution in [0.1, 0.15) is 12.5 Å². The minimum atomic E-state index is 0.568. The van der Waals surface area contributed by atoms with Gasteiger partial charge in [0.15, 0.2) is 0 Å². The van der Waals surface area contributed by atoms with E-state index in [0.717, 1.165) is 16.3 Å². The molecular formula is C11H9BrClN. The summed E-state index contributed by atoms with van der Waals surface area (Å²) in [5, 5.41) is 2.76. The first-order valence-electron chi connectivity index (χ1n) is 4.45. The zero-order valence-corrected chi connectivity index (χ0v) is 10.1. The van der Waals surface area contributed by atoms with Gasteiger partial charge in [-0.05, 0) is 18.1 Å². The third kappa shape index (κ3) is 1.53. The van der Waals surface area contributed by atoms with E-state index in [1.807, 2.05) is 24.4 Å². The lowest BCUT2D eigenvalue weighted by molar-refractivity contribution is 1.13. The van der Waals surface area contributed by atoms with Crippen molar-refractivity contribution in [3.05, 3.63) is 39.6 Å². The number of halogens is 2. The van der Waals surface area contributed by atoms with Crippen molar-refractivity contribution in [2.45, 2.75) is 13.3 Å². The first kappa shape index (κ1) is 9.94. The molecule has 0 atom stereocenters. The van der Waals surface area contributed by atoms with Crippen molar-refractivity contribution in [3.63, 3.8) is 0 Å². The average molecular weight is 271 g/mol. The molecule has 1 aromatic heterocycles. The molecule has 0 radical (unpaired) electrons. The molecular weight excluding hydrogens is 261 g/mol. The van der Waals surface area contributed by atoms with E-state index in [2.05, 4.69) is 27.8 Å². The van der Waals surface area contributed by atoms with Crippen LogP contribution < -0.4 is 0 Å². The molecule has 0 aliphatic heterocycles. The van der Waals surface area contributed by atoms with Crippen LogP contribution in [0, 0.1) is 0 Å². The van der Waals surface area contributed by atoms with Crippen molar-refractivity contribution in [1.29, 1.82) is 0 Å². The maximum Gasteiger partial charge on any atom is 0.136 e. The number of nitrogens with zero attached hydrogens (tertiary/aromatic N) is 1. The Kier molecular flexibility index (Phi) is 2.75. The van der Waals surface area contributed by atoms with Crippen LogP contribution in [0.5, 0.6) is 0 Å². The molecule has 0 saturated heterocycles. The SMILES string of the molecule is CCc1cnc(Cl)c2cccc(Br)c12. The van der Waals surface area contributed by atoms with Gasteiger partial charge in [-0.25, -0.2) is 4.98 Å². The number of hydrogen-bond donors (Lipinski definition) is 0. The normalized spacial score (nSPS) is 10.8. The number of hydrogen-bond acceptors (Lipinski definition) is 1. The predicted octanol–water partition coefficient (Wildman–Crippen LogP) is 4.21. The van der Waals surface area contributed by atoms with Gasteiger partial charge in [0.05, 0.1) is 0 Å². The predicted molar refractivity (Wildman–Crippen MR) is 63.8 cm³/mol. The number of aromatic nitrogens is 1. The number of fused-ring (bicyclic) bond motifs is 1. The Balaban J connectivity index is 2.92. The van der Waals surface area contributed by atoms with E-state index < -0.39 is 0 Å². The van der Waals surface area contributed by atoms with Crippen LogP contribution in [0.25, 0.3) is 10.8 Å². The Morgan fingerprint density at radius 2 is 2.21 bits per heavy atom. The molecule has 72 valence electrons. The summed E-state index contributed by atoms with van der Waals surface area (Å²) in [5.74, 6) is 0. The first-order valence-corrected chi connectivity index (χ1v) is 5.62. The summed E-state index contributed by atoms with van der Waals surface area (Å²) in [6.45, 7) is 2.11. The average Bonchev–Trinajstić information content (AvgIpc) is 2.20. The molecule has 2 rings (SSSR count). The third-order valence-electron chi connectivity index (χ3n) is 2.27. The monoisotopic (exact) mass is 269 g/mol. The Labute approximate surface area is 96.2 Å². The smallest absolute Gasteiger partial charge is 0.136 e. The van der Waals surface area contributed by atoms with Crippen LogP contribution in [0.3, 0.4) is 0 Å². The second-order valence-corrected chi connectivity index (χ2v) is 4.30. The molecule has 2 aromatic rings. The quantitative estimate of drug-likeness (QED) is 0.707. The number of pyridine rings is 1. The molecule has 0 aliphatic carbocycles. The topological polar surface area (TPSA) is 12.9 Å². The molecule has 1 heterocycles. The fourth-order valence-corrected chi connectivity index (χ4v) is 2.39. The van der Waals surface area contributed by atoms with Crippen LogP contribution in [0.4, 0.5) is 0 Å². The molecule has 1 aromatic carbocycles. The van der Waals surface area contributed by atoms with E-state index in [1.165, 1.54) is 10.9 Å². The van der Waals surface area contributed by atoms with Gasteiger partial charge in [-0.1, -0.05) is 46.6 Å². The fraction of sp³-hybridized carbons (Fsp3) is 0.182. The molecule has 0 saturated carbocycles. The van der Waals surface area contributed by atoms with Gasteiger partial charge in [-0.15, -0.1) is 0 Å². The minimum Gasteiger partial charge on any atom is -0.244 e. The Morgan fingerprint density at radius 3 is 2.93 bits per heavy atom. The Morgan fingerprint density at radius 1 is 1.43 bits per heavy atom. The van der Waals surface area contributed by atoms with E-state index in [0.29, 0.717) is 5.15 Å². The van der Waals surface area contributed by atoms with Crippen molar-refractivity contribution in [2.24, 2.45) is 0 Å². The molecule has 0 fully saturated rings. The van der Waals surface area contributed by atoms with Gasteiger partial charge in [0.2, 0.25) is 0 Å². The summed E-state index contributed by atoms with van der Waals surface area (Å²) in [6, 6.07) is 5.99. The number of rotatable bonds is 1. The molecule has 3 heteroatoms. The lowest BCUT2D eigenvalue weighted by Crippen LogP contribution is -1.88. The van der Waals surface area contributed by atoms with Gasteiger partial charge >= 0.3 is 0 Å². The van der Waals surface area contributed by atoms with Gasteiger partial charge in [0.1, 0.15) is 5.15 Å². The summed E-state index contributed by atoms with van der Waals surface area (Å²) in [7, 11) is 0. The largest absolute Gasteiger partial charge is 0.244 e. The Hall–Kier alpha value is -0.600. The molecule has 0 unspecified atom stereocenters. The lowest BCUT2D eigenvalue weighted by Gasteiger charge is -2.06. The third-order valence-corrected chi connectivity index (χ3v) is 3.23. The van der Waals surface area contributed by atoms with Crippen molar-refractivity contribution in [1.82, 2.24) is 4.98 Å². The van der Waals surface area contributed by atoms with E-state index in [1.54, 1.807) is 0 Å². The highest BCUT2D eigenvalue weighted by molar-refractivity contribution is 9.10. The maximum absolute atomic E-state index is 6.03. The highest BCUT2D eigenvalue weighted by Crippen LogP contribution is 2.30. The van der Waals surface area contributed by atoms with Crippen LogP contribution in [0.2, 0.25) is 5.15 Å². The molecule has 0 N–H and O–H groups in total. The van der Waals surface area contributed by atoms with Gasteiger partial charge < -0.3 is 0 Å². The molecule has 0 amide bonds. The summed E-state index contributed by atoms with van der Waals surface area (Å²) in [6.07, 6.45) is 2.80. The summed E-state index contributed by atoms with van der Waals surface area (Å²) < 4.78 is 1.08. The lowest BCUT2D eigenvalue weighted by atomic mass is 10.1. The van der Waals surface area contributed by atoms with Crippen molar-refractivity contribution in [3.8, 4) is 0 Å². The zero-order valence-electron chi connectivity index (χ0n) is 7.72. The summed E-state index contributed by atoms with van der Waals surface area (Å²) in [5.41, 5.74) is 1.22. The number of benzene rings is 1. The van der Waals surface area contributed by atoms with E-state index in [4.69, 9.17) is 11.6 Å². The Bertz CT molecular complexity index is 482. The molecule has 0 bridgehead atoms. The second kappa shape index (κ2) is 3.87. The van der Waals surface area contributed by atoms with Crippen LogP contribution in [-0.2, 0) is 6.42 Å². The van der Waals surface area contributed by atoms with Gasteiger partial charge in [0.25, 0.3) is 0 Å². The number of aryl methyl sites for hydroxylation is 1. The van der Waals surface area contributed by atoms with Crippen LogP contribution in [0.15, 0.2) is 28.9 Å². The molecule has 14 heavy (non-hydrogen) atoms. The zero-order chi connectivity index (χ0) is 10.1. The van der Waals surface area contributed by atoms with Gasteiger partial charge in [-0.3, -0.25) is 0 Å². The van der Waals surface area contributed by atoms with E-state index >= 15 is 0 Å². The standard InChI is InChI=1S/C11H9BrClN/c1-2-7-6-14-11(13)8-4-3-5-9(12)10(7)8/h3-6H,2H2,1H3. The highest BCUT2D eigenvalue weighted by Gasteiger charge is 2.07. The van der Waals surface area contributed by atoms with Gasteiger partial charge in [0, 0.05) is 21.4 Å². The summed E-state index contributed by atoms with van der Waals surface area (Å²) >= 11 is 9.56. The second-order valence-electron chi connectivity index (χ2n) is 3.09. The molecule has 0 aliphatic rings. The maximum atomic E-state index is 6.03. The van der Waals surface area contributed by atoms with Crippen LogP contribution in [-0.4, -0.2) is 4.98 Å². The van der Waals surface area contributed by atoms with E-state index in [-0.39, 0.29) is 0 Å². The summed E-state index contributed by atoms with van der Waals surface area (Å²) in [4.78, 5) is 4.16. The van der Waals surface area contributed by atoms with E-state index in [9.17, 15) is 0 Å². The first-order chi connectivity index (χ1) is 6.74. The highest BCUT2D eigenvalue weighted by atomic mass is 79.9. The van der Waals surface area contributed by atoms with Crippen molar-refractivity contribution >= 4 is 38.3 Å². The van der Waals surface area contributed by atoms with Crippen LogP contribution >= 0.6 is 27.5 Å². The fourth-order valence-electron chi connectivity index (χ4n) is 1.56.